The number of phenols is 1. The van der Waals surface area contributed by atoms with E-state index in [1.54, 1.807) is 12.1 Å². The van der Waals surface area contributed by atoms with Crippen LogP contribution >= 0.6 is 0 Å². The van der Waals surface area contributed by atoms with Gasteiger partial charge in [0.1, 0.15) is 5.75 Å². The van der Waals surface area contributed by atoms with E-state index in [0.717, 1.165) is 12.0 Å². The maximum atomic E-state index is 9.79. The maximum Gasteiger partial charge on any atom is 0.115 e. The van der Waals surface area contributed by atoms with Crippen molar-refractivity contribution in [3.05, 3.63) is 126 Å². The predicted molar refractivity (Wildman–Crippen MR) is 133 cm³/mol. The standard InChI is InChI=1S/C31H22O/c32-25-16-14-23(15-17-25)26-18-19-28(22-10-5-2-6-11-22)31-29(26)20-24-12-7-13-27(30(24)31)21-8-3-1-4-9-21/h1-19,32H,20H2. The maximum absolute atomic E-state index is 9.79. The van der Waals surface area contributed by atoms with E-state index >= 15 is 0 Å². The average Bonchev–Trinajstić information content (AvgIpc) is 3.25. The fourth-order valence-corrected chi connectivity index (χ4v) is 4.98. The molecule has 0 saturated carbocycles. The first-order valence-electron chi connectivity index (χ1n) is 11.0. The lowest BCUT2D eigenvalue weighted by atomic mass is 9.87. The van der Waals surface area contributed by atoms with E-state index < -0.39 is 0 Å². The van der Waals surface area contributed by atoms with Crippen molar-refractivity contribution >= 4 is 0 Å². The molecule has 5 aromatic carbocycles. The summed E-state index contributed by atoms with van der Waals surface area (Å²) in [5.74, 6) is 0.293. The molecule has 0 unspecified atom stereocenters. The third kappa shape index (κ3) is 3.02. The lowest BCUT2D eigenvalue weighted by Gasteiger charge is -2.17. The molecule has 0 heterocycles. The lowest BCUT2D eigenvalue weighted by molar-refractivity contribution is 0.475. The van der Waals surface area contributed by atoms with Crippen LogP contribution < -0.4 is 0 Å². The minimum Gasteiger partial charge on any atom is -0.508 e. The van der Waals surface area contributed by atoms with Crippen molar-refractivity contribution in [2.75, 3.05) is 0 Å². The molecule has 1 aliphatic rings. The van der Waals surface area contributed by atoms with Gasteiger partial charge in [-0.2, -0.15) is 0 Å². The molecule has 1 N–H and O–H groups in total. The van der Waals surface area contributed by atoms with Gasteiger partial charge in [-0.25, -0.2) is 0 Å². The van der Waals surface area contributed by atoms with Crippen LogP contribution in [0.15, 0.2) is 115 Å². The number of hydrogen-bond donors (Lipinski definition) is 1. The number of phenolic OH excluding ortho intramolecular Hbond substituents is 1. The Bertz CT molecular complexity index is 1420. The molecular weight excluding hydrogens is 388 g/mol. The molecule has 0 amide bonds. The van der Waals surface area contributed by atoms with E-state index in [2.05, 4.69) is 91.0 Å². The second kappa shape index (κ2) is 7.55. The van der Waals surface area contributed by atoms with Crippen molar-refractivity contribution in [3.8, 4) is 50.3 Å². The fraction of sp³-hybridized carbons (Fsp3) is 0.0323. The van der Waals surface area contributed by atoms with Crippen molar-refractivity contribution in [1.29, 1.82) is 0 Å². The van der Waals surface area contributed by atoms with Gasteiger partial charge in [-0.05, 0) is 74.2 Å². The first kappa shape index (κ1) is 18.7. The molecule has 1 nitrogen and oxygen atoms in total. The van der Waals surface area contributed by atoms with Crippen molar-refractivity contribution < 1.29 is 5.11 Å². The van der Waals surface area contributed by atoms with Gasteiger partial charge in [0.25, 0.3) is 0 Å². The predicted octanol–water partition coefficient (Wildman–Crippen LogP) is 7.96. The van der Waals surface area contributed by atoms with Crippen LogP contribution in [-0.4, -0.2) is 5.11 Å². The van der Waals surface area contributed by atoms with E-state index in [-0.39, 0.29) is 0 Å². The zero-order valence-corrected chi connectivity index (χ0v) is 17.6. The molecule has 0 atom stereocenters. The van der Waals surface area contributed by atoms with E-state index in [1.807, 2.05) is 12.1 Å². The van der Waals surface area contributed by atoms with Crippen molar-refractivity contribution in [2.45, 2.75) is 6.42 Å². The van der Waals surface area contributed by atoms with Gasteiger partial charge in [0.05, 0.1) is 0 Å². The van der Waals surface area contributed by atoms with Gasteiger partial charge in [0, 0.05) is 0 Å². The molecule has 1 heteroatoms. The van der Waals surface area contributed by atoms with Gasteiger partial charge in [0.15, 0.2) is 0 Å². The summed E-state index contributed by atoms with van der Waals surface area (Å²) in [6.07, 6.45) is 0.905. The minimum absolute atomic E-state index is 0.293. The highest BCUT2D eigenvalue weighted by Crippen LogP contribution is 2.50. The summed E-state index contributed by atoms with van der Waals surface area (Å²) in [7, 11) is 0. The molecule has 0 bridgehead atoms. The summed E-state index contributed by atoms with van der Waals surface area (Å²) in [6, 6.07) is 40.1. The first-order chi connectivity index (χ1) is 15.8. The van der Waals surface area contributed by atoms with Crippen LogP contribution in [0.4, 0.5) is 0 Å². The van der Waals surface area contributed by atoms with Crippen LogP contribution in [0, 0.1) is 0 Å². The third-order valence-corrected chi connectivity index (χ3v) is 6.43. The number of fused-ring (bicyclic) bond motifs is 3. The monoisotopic (exact) mass is 410 g/mol. The zero-order chi connectivity index (χ0) is 21.5. The summed E-state index contributed by atoms with van der Waals surface area (Å²) in [5.41, 5.74) is 12.8. The number of benzene rings is 5. The molecule has 0 aromatic heterocycles. The summed E-state index contributed by atoms with van der Waals surface area (Å²) in [6.45, 7) is 0. The number of aromatic hydroxyl groups is 1. The topological polar surface area (TPSA) is 20.2 Å². The fourth-order valence-electron chi connectivity index (χ4n) is 4.98. The van der Waals surface area contributed by atoms with Crippen LogP contribution in [0.1, 0.15) is 11.1 Å². The smallest absolute Gasteiger partial charge is 0.115 e. The van der Waals surface area contributed by atoms with E-state index in [0.29, 0.717) is 5.75 Å². The second-order valence-corrected chi connectivity index (χ2v) is 8.31. The summed E-state index contributed by atoms with van der Waals surface area (Å²) in [5, 5.41) is 9.79. The van der Waals surface area contributed by atoms with Gasteiger partial charge in [0.2, 0.25) is 0 Å². The van der Waals surface area contributed by atoms with Crippen LogP contribution in [0.25, 0.3) is 44.5 Å². The van der Waals surface area contributed by atoms with Gasteiger partial charge in [-0.15, -0.1) is 0 Å². The molecule has 0 spiro atoms. The summed E-state index contributed by atoms with van der Waals surface area (Å²) in [4.78, 5) is 0. The Morgan fingerprint density at radius 2 is 1.00 bits per heavy atom. The second-order valence-electron chi connectivity index (χ2n) is 8.31. The molecule has 152 valence electrons. The molecule has 1 aliphatic carbocycles. The molecule has 6 rings (SSSR count). The Balaban J connectivity index is 1.66. The Kier molecular flexibility index (Phi) is 4.40. The zero-order valence-electron chi connectivity index (χ0n) is 17.6. The van der Waals surface area contributed by atoms with Crippen LogP contribution in [0.2, 0.25) is 0 Å². The number of hydrogen-bond acceptors (Lipinski definition) is 1. The highest BCUT2D eigenvalue weighted by Gasteiger charge is 2.27. The van der Waals surface area contributed by atoms with Crippen LogP contribution in [0.3, 0.4) is 0 Å². The van der Waals surface area contributed by atoms with Crippen molar-refractivity contribution in [1.82, 2.24) is 0 Å². The Morgan fingerprint density at radius 1 is 0.438 bits per heavy atom. The molecule has 5 aromatic rings. The SMILES string of the molecule is Oc1ccc(-c2ccc(-c3ccccc3)c3c2Cc2cccc(-c4ccccc4)c2-3)cc1. The van der Waals surface area contributed by atoms with Crippen LogP contribution in [-0.2, 0) is 6.42 Å². The molecule has 32 heavy (non-hydrogen) atoms. The largest absolute Gasteiger partial charge is 0.508 e. The first-order valence-corrected chi connectivity index (χ1v) is 11.0. The Hall–Kier alpha value is -4.10. The molecule has 0 saturated heterocycles. The summed E-state index contributed by atoms with van der Waals surface area (Å²) < 4.78 is 0. The van der Waals surface area contributed by atoms with Gasteiger partial charge in [-0.1, -0.05) is 103 Å². The third-order valence-electron chi connectivity index (χ3n) is 6.43. The Morgan fingerprint density at radius 3 is 1.66 bits per heavy atom. The number of rotatable bonds is 3. The average molecular weight is 411 g/mol. The molecular formula is C31H22O. The summed E-state index contributed by atoms with van der Waals surface area (Å²) >= 11 is 0. The van der Waals surface area contributed by atoms with E-state index in [4.69, 9.17) is 0 Å². The van der Waals surface area contributed by atoms with Crippen LogP contribution in [0.5, 0.6) is 5.75 Å². The molecule has 0 aliphatic heterocycles. The normalized spacial score (nSPS) is 11.8. The minimum atomic E-state index is 0.293. The van der Waals surface area contributed by atoms with E-state index in [9.17, 15) is 5.11 Å². The quantitative estimate of drug-likeness (QED) is 0.314. The highest BCUT2D eigenvalue weighted by atomic mass is 16.3. The highest BCUT2D eigenvalue weighted by molar-refractivity contribution is 6.00. The van der Waals surface area contributed by atoms with Crippen molar-refractivity contribution in [2.24, 2.45) is 0 Å². The van der Waals surface area contributed by atoms with Gasteiger partial charge >= 0.3 is 0 Å². The van der Waals surface area contributed by atoms with Gasteiger partial charge < -0.3 is 5.11 Å². The van der Waals surface area contributed by atoms with E-state index in [1.165, 1.54) is 50.1 Å². The van der Waals surface area contributed by atoms with Crippen molar-refractivity contribution in [3.63, 3.8) is 0 Å². The molecule has 0 fully saturated rings. The Labute approximate surface area is 188 Å². The lowest BCUT2D eigenvalue weighted by Crippen LogP contribution is -1.92. The molecule has 0 radical (unpaired) electrons. The van der Waals surface area contributed by atoms with Gasteiger partial charge in [-0.3, -0.25) is 0 Å².